The Balaban J connectivity index is 1.40. The molecule has 2 aliphatic rings. The molecular weight excluding hydrogens is 553 g/mol. The first-order valence-electron chi connectivity index (χ1n) is 13.3. The van der Waals surface area contributed by atoms with E-state index in [1.54, 1.807) is 0 Å². The van der Waals surface area contributed by atoms with Crippen LogP contribution in [0, 0.1) is 5.82 Å². The quantitative estimate of drug-likeness (QED) is 0.259. The van der Waals surface area contributed by atoms with Crippen LogP contribution >= 0.6 is 22.7 Å². The molecule has 0 unspecified atom stereocenters. The van der Waals surface area contributed by atoms with Crippen LogP contribution in [0.2, 0.25) is 0 Å². The summed E-state index contributed by atoms with van der Waals surface area (Å²) in [4.78, 5) is 40.4. The summed E-state index contributed by atoms with van der Waals surface area (Å²) in [5.74, 6) is -2.26. The molecule has 3 heterocycles. The van der Waals surface area contributed by atoms with Gasteiger partial charge in [0.05, 0.1) is 11.1 Å². The minimum atomic E-state index is -1.19. The SMILES string of the molecule is CC(C)(C)OC(=O)c1c(NC(=O)NCc2c(-c3ccc(C(=O)O)cc3F)sc3c2CCNC3)sc2c1CCCC2. The van der Waals surface area contributed by atoms with Crippen LogP contribution in [0.15, 0.2) is 18.2 Å². The van der Waals surface area contributed by atoms with Crippen LogP contribution in [0.5, 0.6) is 0 Å². The zero-order valence-electron chi connectivity index (χ0n) is 22.7. The molecule has 0 bridgehead atoms. The third-order valence-electron chi connectivity index (χ3n) is 6.93. The lowest BCUT2D eigenvalue weighted by molar-refractivity contribution is 0.00696. The number of carboxylic acid groups (broad SMARTS) is 1. The number of urea groups is 1. The third kappa shape index (κ3) is 5.91. The topological polar surface area (TPSA) is 117 Å². The zero-order valence-corrected chi connectivity index (χ0v) is 24.3. The van der Waals surface area contributed by atoms with Gasteiger partial charge in [0.25, 0.3) is 0 Å². The lowest BCUT2D eigenvalue weighted by Gasteiger charge is -2.21. The highest BCUT2D eigenvalue weighted by atomic mass is 32.1. The smallest absolute Gasteiger partial charge is 0.341 e. The fourth-order valence-electron chi connectivity index (χ4n) is 5.15. The van der Waals surface area contributed by atoms with Gasteiger partial charge in [-0.05, 0) is 94.3 Å². The molecule has 0 fully saturated rings. The zero-order chi connectivity index (χ0) is 28.6. The molecule has 1 aliphatic carbocycles. The summed E-state index contributed by atoms with van der Waals surface area (Å²) in [5, 5.41) is 18.8. The van der Waals surface area contributed by atoms with E-state index < -0.39 is 29.4 Å². The van der Waals surface area contributed by atoms with Crippen molar-refractivity contribution in [2.24, 2.45) is 0 Å². The van der Waals surface area contributed by atoms with E-state index in [-0.39, 0.29) is 12.1 Å². The Hall–Kier alpha value is -3.28. The minimum absolute atomic E-state index is 0.122. The van der Waals surface area contributed by atoms with E-state index in [0.717, 1.165) is 71.2 Å². The number of rotatable bonds is 6. The Morgan fingerprint density at radius 2 is 1.85 bits per heavy atom. The molecule has 0 saturated carbocycles. The van der Waals surface area contributed by atoms with E-state index >= 15 is 4.39 Å². The summed E-state index contributed by atoms with van der Waals surface area (Å²) < 4.78 is 20.7. The van der Waals surface area contributed by atoms with Gasteiger partial charge in [-0.2, -0.15) is 0 Å². The number of hydrogen-bond donors (Lipinski definition) is 4. The molecule has 0 spiro atoms. The molecule has 4 N–H and O–H groups in total. The number of nitrogens with one attached hydrogen (secondary N) is 3. The van der Waals surface area contributed by atoms with Crippen LogP contribution in [0.4, 0.5) is 14.2 Å². The standard InChI is InChI=1S/C29H32FN3O5S2/c1-29(2,3)38-27(36)23-18-6-4-5-7-21(18)40-25(23)33-28(37)32-13-19-16-10-11-31-14-22(16)39-24(19)17-9-8-15(26(34)35)12-20(17)30/h8-9,12,31H,4-7,10-11,13-14H2,1-3H3,(H,34,35)(H2,32,33,37). The van der Waals surface area contributed by atoms with Crippen LogP contribution < -0.4 is 16.0 Å². The molecule has 0 saturated heterocycles. The fourth-order valence-corrected chi connectivity index (χ4v) is 7.79. The van der Waals surface area contributed by atoms with Crippen molar-refractivity contribution in [2.45, 2.75) is 71.6 Å². The van der Waals surface area contributed by atoms with Crippen LogP contribution in [0.1, 0.15) is 80.8 Å². The van der Waals surface area contributed by atoms with E-state index in [1.165, 1.54) is 34.8 Å². The minimum Gasteiger partial charge on any atom is -0.478 e. The number of halogens is 1. The highest BCUT2D eigenvalue weighted by Crippen LogP contribution is 2.41. The second-order valence-electron chi connectivity index (χ2n) is 11.0. The molecule has 11 heteroatoms. The van der Waals surface area contributed by atoms with Crippen molar-refractivity contribution in [1.82, 2.24) is 10.6 Å². The summed E-state index contributed by atoms with van der Waals surface area (Å²) in [5.41, 5.74) is 2.80. The number of carboxylic acids is 1. The molecule has 2 aromatic heterocycles. The molecule has 5 rings (SSSR count). The van der Waals surface area contributed by atoms with Gasteiger partial charge >= 0.3 is 18.0 Å². The van der Waals surface area contributed by atoms with Crippen LogP contribution in [-0.4, -0.2) is 35.2 Å². The fraction of sp³-hybridized carbons (Fsp3) is 0.414. The van der Waals surface area contributed by atoms with Gasteiger partial charge in [0.1, 0.15) is 16.4 Å². The van der Waals surface area contributed by atoms with Gasteiger partial charge in [-0.15, -0.1) is 22.7 Å². The number of aromatic carboxylic acids is 1. The number of benzene rings is 1. The summed E-state index contributed by atoms with van der Waals surface area (Å²) in [6.45, 7) is 7.01. The predicted octanol–water partition coefficient (Wildman–Crippen LogP) is 6.12. The van der Waals surface area contributed by atoms with Gasteiger partial charge in [0.15, 0.2) is 0 Å². The molecular formula is C29H32FN3O5S2. The van der Waals surface area contributed by atoms with Gasteiger partial charge < -0.3 is 20.5 Å². The summed E-state index contributed by atoms with van der Waals surface area (Å²) in [6.07, 6.45) is 4.39. The molecule has 1 aliphatic heterocycles. The summed E-state index contributed by atoms with van der Waals surface area (Å²) in [6, 6.07) is 3.43. The Bertz CT molecular complexity index is 1490. The predicted molar refractivity (Wildman–Crippen MR) is 154 cm³/mol. The number of aryl methyl sites for hydroxylation is 1. The highest BCUT2D eigenvalue weighted by Gasteiger charge is 2.30. The van der Waals surface area contributed by atoms with Gasteiger partial charge in [0, 0.05) is 33.3 Å². The molecule has 0 radical (unpaired) electrons. The molecule has 0 atom stereocenters. The van der Waals surface area contributed by atoms with E-state index in [1.807, 2.05) is 20.8 Å². The number of anilines is 1. The Morgan fingerprint density at radius 1 is 1.07 bits per heavy atom. The van der Waals surface area contributed by atoms with E-state index in [9.17, 15) is 19.5 Å². The van der Waals surface area contributed by atoms with Gasteiger partial charge in [-0.25, -0.2) is 18.8 Å². The van der Waals surface area contributed by atoms with Crippen LogP contribution in [-0.2, 0) is 37.1 Å². The maximum atomic E-state index is 15.1. The summed E-state index contributed by atoms with van der Waals surface area (Å²) >= 11 is 2.87. The van der Waals surface area contributed by atoms with Crippen molar-refractivity contribution < 1.29 is 28.6 Å². The van der Waals surface area contributed by atoms with Crippen molar-refractivity contribution in [1.29, 1.82) is 0 Å². The Labute approximate surface area is 239 Å². The monoisotopic (exact) mass is 585 g/mol. The van der Waals surface area contributed by atoms with Gasteiger partial charge in [0.2, 0.25) is 0 Å². The maximum absolute atomic E-state index is 15.1. The number of esters is 1. The lowest BCUT2D eigenvalue weighted by atomic mass is 9.95. The molecule has 3 aromatic rings. The Morgan fingerprint density at radius 3 is 2.58 bits per heavy atom. The first kappa shape index (κ1) is 28.3. The largest absolute Gasteiger partial charge is 0.478 e. The number of fused-ring (bicyclic) bond motifs is 2. The van der Waals surface area contributed by atoms with E-state index in [4.69, 9.17) is 4.74 Å². The van der Waals surface area contributed by atoms with Crippen molar-refractivity contribution in [2.75, 3.05) is 11.9 Å². The lowest BCUT2D eigenvalue weighted by Crippen LogP contribution is -2.30. The van der Waals surface area contributed by atoms with Gasteiger partial charge in [-0.3, -0.25) is 5.32 Å². The number of ether oxygens (including phenoxy) is 1. The van der Waals surface area contributed by atoms with E-state index in [2.05, 4.69) is 16.0 Å². The van der Waals surface area contributed by atoms with Crippen molar-refractivity contribution in [3.8, 4) is 10.4 Å². The highest BCUT2D eigenvalue weighted by molar-refractivity contribution is 7.17. The molecule has 212 valence electrons. The Kier molecular flexibility index (Phi) is 7.98. The average Bonchev–Trinajstić information content (AvgIpc) is 3.44. The summed E-state index contributed by atoms with van der Waals surface area (Å²) in [7, 11) is 0. The second-order valence-corrected chi connectivity index (χ2v) is 13.2. The van der Waals surface area contributed by atoms with E-state index in [0.29, 0.717) is 27.5 Å². The second kappa shape index (κ2) is 11.3. The number of hydrogen-bond acceptors (Lipinski definition) is 7. The molecule has 8 nitrogen and oxygen atoms in total. The molecule has 2 amide bonds. The van der Waals surface area contributed by atoms with Crippen molar-refractivity contribution >= 4 is 45.6 Å². The van der Waals surface area contributed by atoms with Crippen molar-refractivity contribution in [3.63, 3.8) is 0 Å². The molecule has 40 heavy (non-hydrogen) atoms. The molecule has 1 aromatic carbocycles. The number of carbonyl (C=O) groups is 3. The number of carbonyl (C=O) groups excluding carboxylic acids is 2. The first-order chi connectivity index (χ1) is 19.0. The maximum Gasteiger partial charge on any atom is 0.341 e. The van der Waals surface area contributed by atoms with Gasteiger partial charge in [-0.1, -0.05) is 0 Å². The number of thiophene rings is 2. The van der Waals surface area contributed by atoms with Crippen molar-refractivity contribution in [3.05, 3.63) is 61.6 Å². The number of amides is 2. The normalized spacial score (nSPS) is 14.7. The average molecular weight is 586 g/mol. The van der Waals surface area contributed by atoms with Crippen LogP contribution in [0.25, 0.3) is 10.4 Å². The first-order valence-corrected chi connectivity index (χ1v) is 14.9. The third-order valence-corrected chi connectivity index (χ3v) is 9.44. The van der Waals surface area contributed by atoms with Crippen LogP contribution in [0.3, 0.4) is 0 Å².